The number of carboxylic acids is 1. The molecule has 0 fully saturated rings. The zero-order valence-corrected chi connectivity index (χ0v) is 10.2. The molecule has 0 spiro atoms. The minimum atomic E-state index is -1.19. The summed E-state index contributed by atoms with van der Waals surface area (Å²) < 4.78 is 4.79. The van der Waals surface area contributed by atoms with Crippen LogP contribution in [0.1, 0.15) is 51.3 Å². The molecular formula is C13H14O5. The smallest absolute Gasteiger partial charge is 0.338 e. The fraction of sp³-hybridized carbons (Fsp3) is 0.308. The van der Waals surface area contributed by atoms with Crippen molar-refractivity contribution in [1.82, 2.24) is 0 Å². The first kappa shape index (κ1) is 13.9. The normalized spacial score (nSPS) is 9.89. The minimum absolute atomic E-state index is 0.0774. The molecule has 1 rings (SSSR count). The Hall–Kier alpha value is -2.17. The third kappa shape index (κ3) is 3.16. The van der Waals surface area contributed by atoms with E-state index in [-0.39, 0.29) is 35.5 Å². The summed E-state index contributed by atoms with van der Waals surface area (Å²) in [4.78, 5) is 34.1. The SMILES string of the molecule is CCOC(=O)c1cc(C(=O)O)cc(C(=O)CC)c1. The predicted molar refractivity (Wildman–Crippen MR) is 64.0 cm³/mol. The van der Waals surface area contributed by atoms with Crippen LogP contribution in [0.4, 0.5) is 0 Å². The number of benzene rings is 1. The molecule has 0 saturated heterocycles. The second-order valence-corrected chi connectivity index (χ2v) is 3.60. The number of rotatable bonds is 5. The molecule has 0 aliphatic rings. The highest BCUT2D eigenvalue weighted by Crippen LogP contribution is 2.14. The maximum absolute atomic E-state index is 11.6. The van der Waals surface area contributed by atoms with Gasteiger partial charge in [0.15, 0.2) is 5.78 Å². The van der Waals surface area contributed by atoms with Gasteiger partial charge < -0.3 is 9.84 Å². The van der Waals surface area contributed by atoms with E-state index in [1.54, 1.807) is 13.8 Å². The molecule has 5 heteroatoms. The highest BCUT2D eigenvalue weighted by molar-refractivity contribution is 6.02. The first-order valence-corrected chi connectivity index (χ1v) is 5.58. The molecule has 0 bridgehead atoms. The average molecular weight is 250 g/mol. The van der Waals surface area contributed by atoms with E-state index in [1.165, 1.54) is 18.2 Å². The van der Waals surface area contributed by atoms with Crippen LogP contribution in [-0.2, 0) is 4.74 Å². The molecule has 1 aromatic carbocycles. The van der Waals surface area contributed by atoms with Gasteiger partial charge in [0.05, 0.1) is 17.7 Å². The quantitative estimate of drug-likeness (QED) is 0.639. The van der Waals surface area contributed by atoms with Crippen LogP contribution in [-0.4, -0.2) is 29.4 Å². The Morgan fingerprint density at radius 2 is 1.61 bits per heavy atom. The molecular weight excluding hydrogens is 236 g/mol. The number of ether oxygens (including phenoxy) is 1. The second kappa shape index (κ2) is 5.95. The second-order valence-electron chi connectivity index (χ2n) is 3.60. The molecule has 0 amide bonds. The van der Waals surface area contributed by atoms with Gasteiger partial charge in [-0.25, -0.2) is 9.59 Å². The molecule has 18 heavy (non-hydrogen) atoms. The molecule has 0 radical (unpaired) electrons. The van der Waals surface area contributed by atoms with Crippen molar-refractivity contribution in [2.45, 2.75) is 20.3 Å². The van der Waals surface area contributed by atoms with E-state index >= 15 is 0 Å². The number of hydrogen-bond donors (Lipinski definition) is 1. The number of Topliss-reactive ketones (excluding diaryl/α,β-unsaturated/α-hetero) is 1. The fourth-order valence-electron chi connectivity index (χ4n) is 1.45. The zero-order valence-electron chi connectivity index (χ0n) is 10.2. The zero-order chi connectivity index (χ0) is 13.7. The van der Waals surface area contributed by atoms with E-state index in [2.05, 4.69) is 0 Å². The van der Waals surface area contributed by atoms with Crippen LogP contribution in [0.25, 0.3) is 0 Å². The summed E-state index contributed by atoms with van der Waals surface area (Å²) >= 11 is 0. The van der Waals surface area contributed by atoms with E-state index in [1.807, 2.05) is 0 Å². The monoisotopic (exact) mass is 250 g/mol. The van der Waals surface area contributed by atoms with Crippen molar-refractivity contribution in [1.29, 1.82) is 0 Å². The molecule has 0 aliphatic carbocycles. The van der Waals surface area contributed by atoms with Gasteiger partial charge in [0.25, 0.3) is 0 Å². The van der Waals surface area contributed by atoms with Gasteiger partial charge in [-0.05, 0) is 25.1 Å². The Kier molecular flexibility index (Phi) is 4.59. The molecule has 5 nitrogen and oxygen atoms in total. The third-order valence-electron chi connectivity index (χ3n) is 2.33. The Morgan fingerprint density at radius 3 is 2.11 bits per heavy atom. The van der Waals surface area contributed by atoms with Crippen molar-refractivity contribution >= 4 is 17.7 Å². The van der Waals surface area contributed by atoms with Gasteiger partial charge in [0, 0.05) is 12.0 Å². The molecule has 0 unspecified atom stereocenters. The summed E-state index contributed by atoms with van der Waals surface area (Å²) in [5.41, 5.74) is 0.186. The van der Waals surface area contributed by atoms with Crippen LogP contribution >= 0.6 is 0 Å². The number of carboxylic acid groups (broad SMARTS) is 1. The lowest BCUT2D eigenvalue weighted by Crippen LogP contribution is -2.10. The Balaban J connectivity index is 3.26. The van der Waals surface area contributed by atoms with Crippen LogP contribution in [0, 0.1) is 0 Å². The number of hydrogen-bond acceptors (Lipinski definition) is 4. The molecule has 0 aliphatic heterocycles. The molecule has 0 aromatic heterocycles. The number of carbonyl (C=O) groups excluding carboxylic acids is 2. The maximum atomic E-state index is 11.6. The van der Waals surface area contributed by atoms with E-state index in [4.69, 9.17) is 9.84 Å². The van der Waals surface area contributed by atoms with Gasteiger partial charge in [0.1, 0.15) is 0 Å². The molecule has 1 aromatic rings. The standard InChI is InChI=1S/C13H14O5/c1-3-11(14)8-5-9(12(15)16)7-10(6-8)13(17)18-4-2/h5-7H,3-4H2,1-2H3,(H,15,16). The summed E-state index contributed by atoms with van der Waals surface area (Å²) in [6, 6.07) is 3.82. The van der Waals surface area contributed by atoms with E-state index in [9.17, 15) is 14.4 Å². The lowest BCUT2D eigenvalue weighted by Gasteiger charge is -2.06. The van der Waals surface area contributed by atoms with Gasteiger partial charge in [-0.15, -0.1) is 0 Å². The number of carbonyl (C=O) groups is 3. The average Bonchev–Trinajstić information content (AvgIpc) is 2.37. The topological polar surface area (TPSA) is 80.7 Å². The first-order chi connectivity index (χ1) is 8.49. The van der Waals surface area contributed by atoms with Gasteiger partial charge in [-0.1, -0.05) is 6.92 Å². The fourth-order valence-corrected chi connectivity index (χ4v) is 1.45. The Labute approximate surface area is 104 Å². The lowest BCUT2D eigenvalue weighted by atomic mass is 10.0. The third-order valence-corrected chi connectivity index (χ3v) is 2.33. The van der Waals surface area contributed by atoms with Gasteiger partial charge in [-0.2, -0.15) is 0 Å². The molecule has 1 N–H and O–H groups in total. The van der Waals surface area contributed by atoms with Crippen molar-refractivity contribution in [2.24, 2.45) is 0 Å². The molecule has 0 heterocycles. The largest absolute Gasteiger partial charge is 0.478 e. The maximum Gasteiger partial charge on any atom is 0.338 e. The predicted octanol–water partition coefficient (Wildman–Crippen LogP) is 2.15. The first-order valence-electron chi connectivity index (χ1n) is 5.58. The minimum Gasteiger partial charge on any atom is -0.478 e. The molecule has 0 atom stereocenters. The van der Waals surface area contributed by atoms with Crippen LogP contribution in [0.3, 0.4) is 0 Å². The van der Waals surface area contributed by atoms with E-state index < -0.39 is 11.9 Å². The Morgan fingerprint density at radius 1 is 1.06 bits per heavy atom. The van der Waals surface area contributed by atoms with Crippen molar-refractivity contribution in [3.63, 3.8) is 0 Å². The summed E-state index contributed by atoms with van der Waals surface area (Å²) in [5, 5.41) is 8.94. The lowest BCUT2D eigenvalue weighted by molar-refractivity contribution is 0.0526. The molecule has 96 valence electrons. The number of ketones is 1. The van der Waals surface area contributed by atoms with Gasteiger partial charge in [0.2, 0.25) is 0 Å². The van der Waals surface area contributed by atoms with E-state index in [0.29, 0.717) is 0 Å². The highest BCUT2D eigenvalue weighted by atomic mass is 16.5. The van der Waals surface area contributed by atoms with Crippen molar-refractivity contribution < 1.29 is 24.2 Å². The number of aromatic carboxylic acids is 1. The summed E-state index contributed by atoms with van der Waals surface area (Å²) in [7, 11) is 0. The van der Waals surface area contributed by atoms with Crippen molar-refractivity contribution in [3.8, 4) is 0 Å². The summed E-state index contributed by atoms with van der Waals surface area (Å²) in [5.74, 6) is -2.04. The van der Waals surface area contributed by atoms with Crippen LogP contribution in [0.15, 0.2) is 18.2 Å². The van der Waals surface area contributed by atoms with Crippen LogP contribution < -0.4 is 0 Å². The van der Waals surface area contributed by atoms with Crippen LogP contribution in [0.5, 0.6) is 0 Å². The van der Waals surface area contributed by atoms with Gasteiger partial charge >= 0.3 is 11.9 Å². The summed E-state index contributed by atoms with van der Waals surface area (Å²) in [6.07, 6.45) is 0.241. The summed E-state index contributed by atoms with van der Waals surface area (Å²) in [6.45, 7) is 3.50. The van der Waals surface area contributed by atoms with Gasteiger partial charge in [-0.3, -0.25) is 4.79 Å². The van der Waals surface area contributed by atoms with Crippen molar-refractivity contribution in [2.75, 3.05) is 6.61 Å². The molecule has 0 saturated carbocycles. The van der Waals surface area contributed by atoms with Crippen LogP contribution in [0.2, 0.25) is 0 Å². The van der Waals surface area contributed by atoms with E-state index in [0.717, 1.165) is 0 Å². The highest BCUT2D eigenvalue weighted by Gasteiger charge is 2.15. The van der Waals surface area contributed by atoms with Crippen molar-refractivity contribution in [3.05, 3.63) is 34.9 Å². The Bertz CT molecular complexity index is 490. The number of esters is 1.